The third-order valence-corrected chi connectivity index (χ3v) is 5.27. The molecule has 3 fully saturated rings. The van der Waals surface area contributed by atoms with Crippen LogP contribution in [0.3, 0.4) is 0 Å². The number of likely N-dealkylation sites (tertiary alicyclic amines) is 1. The monoisotopic (exact) mass is 296 g/mol. The molecule has 120 valence electrons. The summed E-state index contributed by atoms with van der Waals surface area (Å²) in [5.74, 6) is 0. The van der Waals surface area contributed by atoms with E-state index in [-0.39, 0.29) is 23.8 Å². The number of rotatable bonds is 1. The second-order valence-electron chi connectivity index (χ2n) is 6.97. The average molecular weight is 296 g/mol. The fraction of sp³-hybridized carbons (Fsp3) is 0.938. The zero-order chi connectivity index (χ0) is 14.7. The predicted octanol–water partition coefficient (Wildman–Crippen LogP) is 2.03. The van der Waals surface area contributed by atoms with Crippen molar-refractivity contribution in [1.82, 2.24) is 10.2 Å². The van der Waals surface area contributed by atoms with Crippen molar-refractivity contribution in [1.29, 1.82) is 0 Å². The van der Waals surface area contributed by atoms with Crippen molar-refractivity contribution in [3.8, 4) is 0 Å². The lowest BCUT2D eigenvalue weighted by atomic mass is 9.78. The summed E-state index contributed by atoms with van der Waals surface area (Å²) in [4.78, 5) is 14.1. The van der Waals surface area contributed by atoms with Crippen LogP contribution in [-0.2, 0) is 4.74 Å². The number of hydrogen-bond acceptors (Lipinski definition) is 3. The first-order valence-corrected chi connectivity index (χ1v) is 8.54. The average Bonchev–Trinajstić information content (AvgIpc) is 2.48. The third-order valence-electron chi connectivity index (χ3n) is 5.27. The van der Waals surface area contributed by atoms with Crippen LogP contribution in [0.15, 0.2) is 0 Å². The van der Waals surface area contributed by atoms with Crippen molar-refractivity contribution >= 4 is 6.03 Å². The molecular formula is C16H28N2O3. The maximum atomic E-state index is 12.3. The van der Waals surface area contributed by atoms with Crippen LogP contribution < -0.4 is 5.32 Å². The molecule has 2 heterocycles. The molecule has 3 aliphatic rings. The van der Waals surface area contributed by atoms with Gasteiger partial charge in [0.25, 0.3) is 0 Å². The van der Waals surface area contributed by atoms with Crippen molar-refractivity contribution in [3.05, 3.63) is 0 Å². The lowest BCUT2D eigenvalue weighted by Gasteiger charge is -2.44. The van der Waals surface area contributed by atoms with Gasteiger partial charge < -0.3 is 20.1 Å². The third kappa shape index (κ3) is 3.69. The number of ether oxygens (including phenoxy) is 1. The molecule has 5 heteroatoms. The Morgan fingerprint density at radius 2 is 2.00 bits per heavy atom. The van der Waals surface area contributed by atoms with Crippen molar-refractivity contribution < 1.29 is 14.6 Å². The number of carbonyl (C=O) groups is 1. The summed E-state index contributed by atoms with van der Waals surface area (Å²) >= 11 is 0. The molecule has 1 aliphatic carbocycles. The van der Waals surface area contributed by atoms with Gasteiger partial charge in [0.1, 0.15) is 0 Å². The van der Waals surface area contributed by atoms with E-state index in [1.807, 2.05) is 0 Å². The number of nitrogens with one attached hydrogen (secondary N) is 1. The molecule has 2 saturated heterocycles. The number of urea groups is 1. The van der Waals surface area contributed by atoms with E-state index in [1.54, 1.807) is 4.90 Å². The molecule has 0 aromatic heterocycles. The normalized spacial score (nSPS) is 32.9. The number of amides is 2. The zero-order valence-electron chi connectivity index (χ0n) is 12.9. The van der Waals surface area contributed by atoms with Crippen LogP contribution in [0, 0.1) is 0 Å². The Bertz CT molecular complexity index is 363. The molecule has 5 nitrogen and oxygen atoms in total. The predicted molar refractivity (Wildman–Crippen MR) is 80.1 cm³/mol. The fourth-order valence-electron chi connectivity index (χ4n) is 4.10. The van der Waals surface area contributed by atoms with Crippen LogP contribution in [0.4, 0.5) is 4.79 Å². The first kappa shape index (κ1) is 15.1. The van der Waals surface area contributed by atoms with E-state index in [0.29, 0.717) is 6.54 Å². The molecule has 2 amide bonds. The van der Waals surface area contributed by atoms with E-state index >= 15 is 0 Å². The van der Waals surface area contributed by atoms with E-state index in [2.05, 4.69) is 5.32 Å². The standard InChI is InChI=1S/C16H28N2O3/c19-14-5-4-9-18(12-14)15(20)17-13-6-10-21-16(11-13)7-2-1-3-8-16/h13-14,19H,1-12H2,(H,17,20). The molecule has 2 atom stereocenters. The molecule has 2 unspecified atom stereocenters. The van der Waals surface area contributed by atoms with Crippen LogP contribution in [0.25, 0.3) is 0 Å². The van der Waals surface area contributed by atoms with Crippen LogP contribution >= 0.6 is 0 Å². The van der Waals surface area contributed by atoms with Crippen molar-refractivity contribution in [3.63, 3.8) is 0 Å². The molecule has 0 aromatic carbocycles. The van der Waals surface area contributed by atoms with Gasteiger partial charge in [-0.15, -0.1) is 0 Å². The minimum absolute atomic E-state index is 0.00777. The van der Waals surface area contributed by atoms with Crippen LogP contribution in [0.2, 0.25) is 0 Å². The molecular weight excluding hydrogens is 268 g/mol. The van der Waals surface area contributed by atoms with E-state index in [4.69, 9.17) is 4.74 Å². The van der Waals surface area contributed by atoms with Gasteiger partial charge in [0, 0.05) is 25.7 Å². The molecule has 2 N–H and O–H groups in total. The van der Waals surface area contributed by atoms with Gasteiger partial charge in [0.2, 0.25) is 0 Å². The van der Waals surface area contributed by atoms with Crippen molar-refractivity contribution in [2.45, 2.75) is 75.5 Å². The number of aliphatic hydroxyl groups excluding tert-OH is 1. The van der Waals surface area contributed by atoms with Gasteiger partial charge in [-0.25, -0.2) is 4.79 Å². The number of piperidine rings is 1. The summed E-state index contributed by atoms with van der Waals surface area (Å²) in [6.45, 7) is 1.99. The molecule has 1 saturated carbocycles. The highest BCUT2D eigenvalue weighted by Gasteiger charge is 2.39. The smallest absolute Gasteiger partial charge is 0.317 e. The Morgan fingerprint density at radius 3 is 2.76 bits per heavy atom. The van der Waals surface area contributed by atoms with E-state index in [9.17, 15) is 9.90 Å². The largest absolute Gasteiger partial charge is 0.391 e. The molecule has 0 bridgehead atoms. The second kappa shape index (κ2) is 6.53. The van der Waals surface area contributed by atoms with Crippen molar-refractivity contribution in [2.75, 3.05) is 19.7 Å². The highest BCUT2D eigenvalue weighted by atomic mass is 16.5. The summed E-state index contributed by atoms with van der Waals surface area (Å²) in [5.41, 5.74) is 0.0237. The maximum Gasteiger partial charge on any atom is 0.317 e. The summed E-state index contributed by atoms with van der Waals surface area (Å²) < 4.78 is 6.08. The summed E-state index contributed by atoms with van der Waals surface area (Å²) in [7, 11) is 0. The summed E-state index contributed by atoms with van der Waals surface area (Å²) in [6.07, 6.45) is 9.30. The molecule has 0 aromatic rings. The highest BCUT2D eigenvalue weighted by Crippen LogP contribution is 2.38. The molecule has 0 radical (unpaired) electrons. The maximum absolute atomic E-state index is 12.3. The number of aliphatic hydroxyl groups is 1. The first-order chi connectivity index (χ1) is 10.2. The van der Waals surface area contributed by atoms with Gasteiger partial charge >= 0.3 is 6.03 Å². The number of carbonyl (C=O) groups excluding carboxylic acids is 1. The van der Waals surface area contributed by atoms with Gasteiger partial charge in [-0.2, -0.15) is 0 Å². The summed E-state index contributed by atoms with van der Waals surface area (Å²) in [6, 6.07) is 0.218. The lowest BCUT2D eigenvalue weighted by Crippen LogP contribution is -2.54. The van der Waals surface area contributed by atoms with E-state index in [0.717, 1.165) is 51.7 Å². The van der Waals surface area contributed by atoms with Crippen LogP contribution in [0.1, 0.15) is 57.8 Å². The minimum atomic E-state index is -0.358. The fourth-order valence-corrected chi connectivity index (χ4v) is 4.10. The first-order valence-electron chi connectivity index (χ1n) is 8.54. The molecule has 21 heavy (non-hydrogen) atoms. The Hall–Kier alpha value is -0.810. The van der Waals surface area contributed by atoms with Gasteiger partial charge in [-0.1, -0.05) is 19.3 Å². The van der Waals surface area contributed by atoms with E-state index < -0.39 is 0 Å². The number of hydrogen-bond donors (Lipinski definition) is 2. The number of β-amino-alcohol motifs (C(OH)–C–C–N with tert-alkyl or cyclic N) is 1. The van der Waals surface area contributed by atoms with Gasteiger partial charge in [-0.3, -0.25) is 0 Å². The number of nitrogens with zero attached hydrogens (tertiary/aromatic N) is 1. The van der Waals surface area contributed by atoms with Crippen molar-refractivity contribution in [2.24, 2.45) is 0 Å². The summed E-state index contributed by atoms with van der Waals surface area (Å²) in [5, 5.41) is 12.9. The van der Waals surface area contributed by atoms with Gasteiger partial charge in [-0.05, 0) is 38.5 Å². The Balaban J connectivity index is 1.53. The van der Waals surface area contributed by atoms with Gasteiger partial charge in [0.15, 0.2) is 0 Å². The molecule has 3 rings (SSSR count). The lowest BCUT2D eigenvalue weighted by molar-refractivity contribution is -0.108. The van der Waals surface area contributed by atoms with Crippen LogP contribution in [0.5, 0.6) is 0 Å². The quantitative estimate of drug-likeness (QED) is 0.778. The SMILES string of the molecule is O=C(NC1CCOC2(CCCCC2)C1)N1CCCC(O)C1. The Kier molecular flexibility index (Phi) is 4.69. The Labute approximate surface area is 127 Å². The minimum Gasteiger partial charge on any atom is -0.391 e. The van der Waals surface area contributed by atoms with Gasteiger partial charge in [0.05, 0.1) is 11.7 Å². The van der Waals surface area contributed by atoms with E-state index in [1.165, 1.54) is 19.3 Å². The second-order valence-corrected chi connectivity index (χ2v) is 6.97. The van der Waals surface area contributed by atoms with Crippen LogP contribution in [-0.4, -0.2) is 53.5 Å². The highest BCUT2D eigenvalue weighted by molar-refractivity contribution is 5.74. The Morgan fingerprint density at radius 1 is 1.19 bits per heavy atom. The zero-order valence-corrected chi connectivity index (χ0v) is 12.9. The molecule has 2 aliphatic heterocycles. The topological polar surface area (TPSA) is 61.8 Å². The molecule has 1 spiro atoms.